The van der Waals surface area contributed by atoms with Gasteiger partial charge in [-0.25, -0.2) is 15.0 Å². The molecule has 0 radical (unpaired) electrons. The fourth-order valence-corrected chi connectivity index (χ4v) is 1.86. The predicted octanol–water partition coefficient (Wildman–Crippen LogP) is 2.61. The van der Waals surface area contributed by atoms with E-state index in [4.69, 9.17) is 0 Å². The topological polar surface area (TPSA) is 50.7 Å². The molecule has 0 bridgehead atoms. The molecule has 0 aliphatic rings. The number of nitrogens with zero attached hydrogens (tertiary/aromatic N) is 3. The first kappa shape index (κ1) is 12.7. The third kappa shape index (κ3) is 3.39. The van der Waals surface area contributed by atoms with Gasteiger partial charge in [0.05, 0.1) is 11.2 Å². The van der Waals surface area contributed by atoms with Crippen LogP contribution in [0.15, 0.2) is 23.2 Å². The number of rotatable bonds is 4. The van der Waals surface area contributed by atoms with Crippen LogP contribution in [0.25, 0.3) is 0 Å². The first-order chi connectivity index (χ1) is 8.55. The Morgan fingerprint density at radius 2 is 2.11 bits per heavy atom. The van der Waals surface area contributed by atoms with Crippen molar-refractivity contribution in [2.45, 2.75) is 12.6 Å². The molecule has 96 valence electrons. The summed E-state index contributed by atoms with van der Waals surface area (Å²) in [5.74, 6) is -0.0277. The van der Waals surface area contributed by atoms with Gasteiger partial charge >= 0.3 is 6.18 Å². The number of hydrogen-bond donors (Lipinski definition) is 1. The predicted molar refractivity (Wildman–Crippen MR) is 61.3 cm³/mol. The molecular weight excluding hydrogens is 265 g/mol. The summed E-state index contributed by atoms with van der Waals surface area (Å²) >= 11 is 1.47. The summed E-state index contributed by atoms with van der Waals surface area (Å²) in [4.78, 5) is 11.2. The number of anilines is 1. The lowest BCUT2D eigenvalue weighted by Crippen LogP contribution is -2.13. The molecule has 2 aromatic rings. The Labute approximate surface area is 105 Å². The average molecular weight is 274 g/mol. The summed E-state index contributed by atoms with van der Waals surface area (Å²) in [6, 6.07) is 0.839. The van der Waals surface area contributed by atoms with Gasteiger partial charge in [0.2, 0.25) is 5.95 Å². The van der Waals surface area contributed by atoms with Gasteiger partial charge in [0.25, 0.3) is 0 Å². The van der Waals surface area contributed by atoms with Gasteiger partial charge in [-0.1, -0.05) is 0 Å². The molecular formula is C10H9F3N4S. The molecule has 0 atom stereocenters. The van der Waals surface area contributed by atoms with E-state index in [1.54, 1.807) is 5.51 Å². The number of thiazole rings is 1. The largest absolute Gasteiger partial charge is 0.433 e. The smallest absolute Gasteiger partial charge is 0.354 e. The normalized spacial score (nSPS) is 11.5. The van der Waals surface area contributed by atoms with E-state index in [0.717, 1.165) is 18.0 Å². The second kappa shape index (κ2) is 5.30. The summed E-state index contributed by atoms with van der Waals surface area (Å²) in [6.45, 7) is 0.436. The van der Waals surface area contributed by atoms with Crippen molar-refractivity contribution in [1.82, 2.24) is 15.0 Å². The number of hydrogen-bond acceptors (Lipinski definition) is 5. The van der Waals surface area contributed by atoms with Crippen LogP contribution in [0.1, 0.15) is 11.4 Å². The van der Waals surface area contributed by atoms with Crippen LogP contribution in [-0.4, -0.2) is 21.5 Å². The Balaban J connectivity index is 1.93. The molecule has 0 spiro atoms. The molecule has 2 aromatic heterocycles. The first-order valence-corrected chi connectivity index (χ1v) is 6.01. The highest BCUT2D eigenvalue weighted by atomic mass is 32.1. The van der Waals surface area contributed by atoms with Crippen LogP contribution in [0.5, 0.6) is 0 Å². The average Bonchev–Trinajstić information content (AvgIpc) is 2.81. The van der Waals surface area contributed by atoms with E-state index in [1.807, 2.05) is 5.38 Å². The minimum absolute atomic E-state index is 0.0277. The number of halogens is 3. The van der Waals surface area contributed by atoms with Gasteiger partial charge in [0, 0.05) is 24.5 Å². The molecule has 18 heavy (non-hydrogen) atoms. The Bertz CT molecular complexity index is 498. The van der Waals surface area contributed by atoms with E-state index in [2.05, 4.69) is 20.3 Å². The van der Waals surface area contributed by atoms with Crippen LogP contribution in [0.4, 0.5) is 19.1 Å². The number of nitrogens with one attached hydrogen (secondary N) is 1. The van der Waals surface area contributed by atoms with Crippen LogP contribution in [0.2, 0.25) is 0 Å². The highest BCUT2D eigenvalue weighted by molar-refractivity contribution is 7.07. The molecule has 0 amide bonds. The quantitative estimate of drug-likeness (QED) is 0.931. The van der Waals surface area contributed by atoms with E-state index >= 15 is 0 Å². The van der Waals surface area contributed by atoms with Crippen molar-refractivity contribution in [1.29, 1.82) is 0 Å². The third-order valence-corrected chi connectivity index (χ3v) is 2.73. The molecule has 0 saturated heterocycles. The standard InChI is InChI=1S/C10H9F3N4S/c11-10(12,13)8-2-4-15-9(17-8)14-3-1-7-5-18-6-16-7/h2,4-6H,1,3H2,(H,14,15,17). The molecule has 0 unspecified atom stereocenters. The zero-order valence-electron chi connectivity index (χ0n) is 9.11. The van der Waals surface area contributed by atoms with Crippen molar-refractivity contribution < 1.29 is 13.2 Å². The van der Waals surface area contributed by atoms with Crippen molar-refractivity contribution >= 4 is 17.3 Å². The maximum Gasteiger partial charge on any atom is 0.433 e. The molecule has 1 N–H and O–H groups in total. The van der Waals surface area contributed by atoms with E-state index < -0.39 is 11.9 Å². The maximum atomic E-state index is 12.4. The van der Waals surface area contributed by atoms with E-state index in [-0.39, 0.29) is 5.95 Å². The van der Waals surface area contributed by atoms with Crippen LogP contribution < -0.4 is 5.32 Å². The Morgan fingerprint density at radius 3 is 2.78 bits per heavy atom. The van der Waals surface area contributed by atoms with Gasteiger partial charge in [-0.3, -0.25) is 0 Å². The molecule has 8 heteroatoms. The SMILES string of the molecule is FC(F)(F)c1ccnc(NCCc2cscn2)n1. The van der Waals surface area contributed by atoms with Crippen molar-refractivity contribution in [3.63, 3.8) is 0 Å². The maximum absolute atomic E-state index is 12.4. The van der Waals surface area contributed by atoms with Crippen LogP contribution in [-0.2, 0) is 12.6 Å². The molecule has 0 aromatic carbocycles. The number of aromatic nitrogens is 3. The third-order valence-electron chi connectivity index (χ3n) is 2.09. The zero-order valence-corrected chi connectivity index (χ0v) is 9.92. The van der Waals surface area contributed by atoms with Gasteiger partial charge in [0.15, 0.2) is 0 Å². The summed E-state index contributed by atoms with van der Waals surface area (Å²) in [5.41, 5.74) is 1.64. The van der Waals surface area contributed by atoms with Crippen molar-refractivity contribution in [3.05, 3.63) is 34.5 Å². The van der Waals surface area contributed by atoms with Crippen LogP contribution >= 0.6 is 11.3 Å². The molecule has 2 heterocycles. The summed E-state index contributed by atoms with van der Waals surface area (Å²) in [5, 5.41) is 4.62. The molecule has 0 saturated carbocycles. The highest BCUT2D eigenvalue weighted by Gasteiger charge is 2.32. The second-order valence-electron chi connectivity index (χ2n) is 3.42. The lowest BCUT2D eigenvalue weighted by molar-refractivity contribution is -0.141. The van der Waals surface area contributed by atoms with E-state index in [1.165, 1.54) is 11.3 Å². The molecule has 0 aliphatic carbocycles. The van der Waals surface area contributed by atoms with Crippen molar-refractivity contribution in [2.24, 2.45) is 0 Å². The molecule has 4 nitrogen and oxygen atoms in total. The van der Waals surface area contributed by atoms with Crippen LogP contribution in [0.3, 0.4) is 0 Å². The van der Waals surface area contributed by atoms with Gasteiger partial charge in [-0.2, -0.15) is 13.2 Å². The van der Waals surface area contributed by atoms with Gasteiger partial charge in [-0.05, 0) is 6.07 Å². The summed E-state index contributed by atoms with van der Waals surface area (Å²) in [6.07, 6.45) is -2.75. The number of alkyl halides is 3. The van der Waals surface area contributed by atoms with Crippen molar-refractivity contribution in [3.8, 4) is 0 Å². The highest BCUT2D eigenvalue weighted by Crippen LogP contribution is 2.27. The van der Waals surface area contributed by atoms with E-state index in [9.17, 15) is 13.2 Å². The minimum atomic E-state index is -4.45. The van der Waals surface area contributed by atoms with Crippen LogP contribution in [0, 0.1) is 0 Å². The monoisotopic (exact) mass is 274 g/mol. The lowest BCUT2D eigenvalue weighted by Gasteiger charge is -2.07. The summed E-state index contributed by atoms with van der Waals surface area (Å²) < 4.78 is 37.2. The Morgan fingerprint density at radius 1 is 1.28 bits per heavy atom. The minimum Gasteiger partial charge on any atom is -0.354 e. The van der Waals surface area contributed by atoms with Gasteiger partial charge < -0.3 is 5.32 Å². The molecule has 0 fully saturated rings. The van der Waals surface area contributed by atoms with Gasteiger partial charge in [0.1, 0.15) is 5.69 Å². The summed E-state index contributed by atoms with van der Waals surface area (Å²) in [7, 11) is 0. The second-order valence-corrected chi connectivity index (χ2v) is 4.14. The molecule has 0 aliphatic heterocycles. The molecule has 2 rings (SSSR count). The van der Waals surface area contributed by atoms with Gasteiger partial charge in [-0.15, -0.1) is 11.3 Å². The lowest BCUT2D eigenvalue weighted by atomic mass is 10.3. The Hall–Kier alpha value is -1.70. The fraction of sp³-hybridized carbons (Fsp3) is 0.300. The Kier molecular flexibility index (Phi) is 3.75. The van der Waals surface area contributed by atoms with E-state index in [0.29, 0.717) is 13.0 Å². The zero-order chi connectivity index (χ0) is 13.0. The fourth-order valence-electron chi connectivity index (χ4n) is 1.27. The first-order valence-electron chi connectivity index (χ1n) is 5.07. The van der Waals surface area contributed by atoms with Crippen molar-refractivity contribution in [2.75, 3.05) is 11.9 Å².